The van der Waals surface area contributed by atoms with Gasteiger partial charge in [-0.3, -0.25) is 0 Å². The van der Waals surface area contributed by atoms with Crippen LogP contribution in [-0.4, -0.2) is 0 Å². The predicted molar refractivity (Wildman–Crippen MR) is 361 cm³/mol. The van der Waals surface area contributed by atoms with Crippen LogP contribution in [0.25, 0.3) is 5.57 Å². The van der Waals surface area contributed by atoms with Crippen molar-refractivity contribution in [2.24, 2.45) is 0 Å². The second kappa shape index (κ2) is 22.7. The maximum atomic E-state index is 2.52. The van der Waals surface area contributed by atoms with Crippen LogP contribution >= 0.6 is 0 Å². The first-order valence-electron chi connectivity index (χ1n) is 29.9. The molecule has 0 unspecified atom stereocenters. The van der Waals surface area contributed by atoms with E-state index in [-0.39, 0.29) is 0 Å². The SMILES string of the molecule is Cc1ccc(N(c2ccc(C)cc2)c2cc(N(c3ccc(C)cc3)c3ccc(C)cc3)cc(C3(c4cc(N(c5ccc(C)cc5)c5ccc(C)cc5)cc(N(c5ccc(C)cc5)c5ccc(C)cc5)c4)C4=C(CCC=C4)c4ccccc43)c2)cc1. The van der Waals surface area contributed by atoms with Gasteiger partial charge >= 0.3 is 0 Å². The summed E-state index contributed by atoms with van der Waals surface area (Å²) in [5.41, 5.74) is 29.2. The summed E-state index contributed by atoms with van der Waals surface area (Å²) in [6, 6.07) is 96.3. The number of aryl methyl sites for hydroxylation is 8. The molecule has 0 heterocycles. The molecule has 2 aliphatic carbocycles. The Morgan fingerprint density at radius 1 is 0.271 bits per heavy atom. The molecule has 416 valence electrons. The molecule has 0 spiro atoms. The molecular formula is C81H72N4. The molecule has 13 rings (SSSR count). The number of nitrogens with zero attached hydrogens (tertiary/aromatic N) is 4. The van der Waals surface area contributed by atoms with Gasteiger partial charge in [-0.15, -0.1) is 0 Å². The fourth-order valence-electron chi connectivity index (χ4n) is 12.8. The molecule has 0 bridgehead atoms. The van der Waals surface area contributed by atoms with Gasteiger partial charge in [-0.05, 0) is 235 Å². The molecule has 0 aliphatic heterocycles. The minimum Gasteiger partial charge on any atom is -0.310 e. The molecule has 0 atom stereocenters. The molecule has 0 N–H and O–H groups in total. The minimum absolute atomic E-state index is 0.866. The Hall–Kier alpha value is -9.90. The molecule has 2 aliphatic rings. The van der Waals surface area contributed by atoms with Crippen LogP contribution in [0, 0.1) is 55.4 Å². The smallest absolute Gasteiger partial charge is 0.0713 e. The van der Waals surface area contributed by atoms with Gasteiger partial charge in [-0.1, -0.05) is 178 Å². The van der Waals surface area contributed by atoms with E-state index in [1.165, 1.54) is 66.8 Å². The molecule has 4 heteroatoms. The zero-order valence-corrected chi connectivity index (χ0v) is 50.1. The standard InChI is InChI=1S/C81H72N4/c1-55-17-33-65(34-18-55)82(66-35-19-56(2)20-36-66)73-49-63(50-74(53-73)83(67-37-21-57(3)22-38-67)68-39-23-58(4)24-40-68)81(79-15-11-9-13-77(79)78-14-10-12-16-80(78)81)64-51-75(84(69-41-25-59(5)26-42-69)70-43-27-60(6)28-44-70)54-76(52-64)85(71-45-29-61(7)30-46-71)72-47-31-62(8)32-48-72/h9,11-13,15-54H,10,14H2,1-8H3. The van der Waals surface area contributed by atoms with Crippen molar-refractivity contribution in [2.75, 3.05) is 19.6 Å². The van der Waals surface area contributed by atoms with Gasteiger partial charge in [0.05, 0.1) is 5.41 Å². The number of allylic oxidation sites excluding steroid dienone is 4. The summed E-state index contributed by atoms with van der Waals surface area (Å²) in [5.74, 6) is 0. The molecule has 11 aromatic rings. The average molecular weight is 1100 g/mol. The molecule has 4 nitrogen and oxygen atoms in total. The molecule has 0 saturated heterocycles. The van der Waals surface area contributed by atoms with Gasteiger partial charge in [-0.2, -0.15) is 0 Å². The normalized spacial score (nSPS) is 13.1. The summed E-state index contributed by atoms with van der Waals surface area (Å²) >= 11 is 0. The van der Waals surface area contributed by atoms with E-state index in [0.717, 1.165) is 92.2 Å². The highest BCUT2D eigenvalue weighted by Gasteiger charge is 2.48. The topological polar surface area (TPSA) is 13.0 Å². The van der Waals surface area contributed by atoms with E-state index in [0.29, 0.717) is 0 Å². The van der Waals surface area contributed by atoms with Crippen LogP contribution < -0.4 is 19.6 Å². The summed E-state index contributed by atoms with van der Waals surface area (Å²) in [6.45, 7) is 17.4. The van der Waals surface area contributed by atoms with Crippen molar-refractivity contribution in [1.29, 1.82) is 0 Å². The van der Waals surface area contributed by atoms with Crippen molar-refractivity contribution in [3.05, 3.63) is 339 Å². The van der Waals surface area contributed by atoms with Crippen LogP contribution in [0.4, 0.5) is 68.2 Å². The third-order valence-electron chi connectivity index (χ3n) is 17.3. The Bertz CT molecular complexity index is 3620. The van der Waals surface area contributed by atoms with Gasteiger partial charge in [0.15, 0.2) is 0 Å². The monoisotopic (exact) mass is 1100 g/mol. The van der Waals surface area contributed by atoms with E-state index in [1.54, 1.807) is 0 Å². The molecule has 0 fully saturated rings. The van der Waals surface area contributed by atoms with Gasteiger partial charge in [0.1, 0.15) is 0 Å². The lowest BCUT2D eigenvalue weighted by atomic mass is 9.65. The molecule has 85 heavy (non-hydrogen) atoms. The maximum Gasteiger partial charge on any atom is 0.0713 e. The van der Waals surface area contributed by atoms with Crippen LogP contribution in [-0.2, 0) is 5.41 Å². The largest absolute Gasteiger partial charge is 0.310 e. The van der Waals surface area contributed by atoms with Crippen molar-refractivity contribution in [2.45, 2.75) is 73.6 Å². The second-order valence-corrected chi connectivity index (χ2v) is 23.6. The summed E-state index contributed by atoms with van der Waals surface area (Å²) in [4.78, 5) is 9.85. The summed E-state index contributed by atoms with van der Waals surface area (Å²) < 4.78 is 0. The predicted octanol–water partition coefficient (Wildman–Crippen LogP) is 22.5. The van der Waals surface area contributed by atoms with Crippen molar-refractivity contribution in [3.63, 3.8) is 0 Å². The van der Waals surface area contributed by atoms with Gasteiger partial charge in [-0.25, -0.2) is 0 Å². The fourth-order valence-corrected chi connectivity index (χ4v) is 12.8. The lowest BCUT2D eigenvalue weighted by Crippen LogP contribution is -2.31. The third kappa shape index (κ3) is 10.4. The first-order valence-corrected chi connectivity index (χ1v) is 29.9. The Kier molecular flexibility index (Phi) is 14.5. The number of hydrogen-bond acceptors (Lipinski definition) is 4. The van der Waals surface area contributed by atoms with Crippen LogP contribution in [0.15, 0.2) is 273 Å². The number of rotatable bonds is 14. The van der Waals surface area contributed by atoms with Gasteiger partial charge in [0.2, 0.25) is 0 Å². The average Bonchev–Trinajstić information content (AvgIpc) is 2.01. The molecule has 0 saturated carbocycles. The number of fused-ring (bicyclic) bond motifs is 2. The summed E-state index contributed by atoms with van der Waals surface area (Å²) in [7, 11) is 0. The molecule has 11 aromatic carbocycles. The Balaban J connectivity index is 1.20. The van der Waals surface area contributed by atoms with Crippen molar-refractivity contribution in [3.8, 4) is 0 Å². The lowest BCUT2D eigenvalue weighted by Gasteiger charge is -2.39. The van der Waals surface area contributed by atoms with E-state index < -0.39 is 5.41 Å². The Morgan fingerprint density at radius 2 is 0.518 bits per heavy atom. The van der Waals surface area contributed by atoms with Crippen molar-refractivity contribution < 1.29 is 0 Å². The van der Waals surface area contributed by atoms with E-state index in [9.17, 15) is 0 Å². The quantitative estimate of drug-likeness (QED) is 0.108. The van der Waals surface area contributed by atoms with E-state index in [2.05, 4.69) is 342 Å². The molecule has 0 radical (unpaired) electrons. The maximum absolute atomic E-state index is 2.52. The highest BCUT2D eigenvalue weighted by Crippen LogP contribution is 2.60. The summed E-state index contributed by atoms with van der Waals surface area (Å²) in [6.07, 6.45) is 6.79. The van der Waals surface area contributed by atoms with E-state index in [4.69, 9.17) is 0 Å². The van der Waals surface area contributed by atoms with E-state index >= 15 is 0 Å². The van der Waals surface area contributed by atoms with Gasteiger partial charge < -0.3 is 19.6 Å². The summed E-state index contributed by atoms with van der Waals surface area (Å²) in [5, 5.41) is 0. The first kappa shape index (κ1) is 54.4. The van der Waals surface area contributed by atoms with Crippen molar-refractivity contribution >= 4 is 73.8 Å². The third-order valence-corrected chi connectivity index (χ3v) is 17.3. The number of anilines is 12. The Morgan fingerprint density at radius 3 is 0.776 bits per heavy atom. The lowest BCUT2D eigenvalue weighted by molar-refractivity contribution is 0.756. The number of benzene rings is 11. The minimum atomic E-state index is -0.866. The number of hydrogen-bond donors (Lipinski definition) is 0. The van der Waals surface area contributed by atoms with Crippen LogP contribution in [0.2, 0.25) is 0 Å². The highest BCUT2D eigenvalue weighted by atomic mass is 15.2. The first-order chi connectivity index (χ1) is 41.4. The highest BCUT2D eigenvalue weighted by molar-refractivity contribution is 5.93. The fraction of sp³-hybridized carbons (Fsp3) is 0.136. The van der Waals surface area contributed by atoms with Crippen molar-refractivity contribution in [1.82, 2.24) is 0 Å². The molecule has 0 amide bonds. The zero-order chi connectivity index (χ0) is 58.3. The van der Waals surface area contributed by atoms with Crippen LogP contribution in [0.1, 0.15) is 79.6 Å². The molecule has 0 aromatic heterocycles. The second-order valence-electron chi connectivity index (χ2n) is 23.6. The van der Waals surface area contributed by atoms with E-state index in [1.807, 2.05) is 0 Å². The van der Waals surface area contributed by atoms with Gasteiger partial charge in [0.25, 0.3) is 0 Å². The van der Waals surface area contributed by atoms with Crippen LogP contribution in [0.5, 0.6) is 0 Å². The molecular weight excluding hydrogens is 1030 g/mol. The Labute approximate surface area is 503 Å². The zero-order valence-electron chi connectivity index (χ0n) is 50.1. The van der Waals surface area contributed by atoms with Gasteiger partial charge in [0, 0.05) is 68.2 Å². The van der Waals surface area contributed by atoms with Crippen LogP contribution in [0.3, 0.4) is 0 Å².